The molecule has 5 nitrogen and oxygen atoms in total. The molecule has 0 spiro atoms. The average Bonchev–Trinajstić information content (AvgIpc) is 2.90. The topological polar surface area (TPSA) is 80.3 Å². The number of nitrogens with one attached hydrogen (secondary N) is 1. The molecule has 2 atom stereocenters. The molecule has 0 aromatic heterocycles. The van der Waals surface area contributed by atoms with Gasteiger partial charge in [0.15, 0.2) is 19.7 Å². The maximum Gasteiger partial charge on any atom is 0.183 e. The van der Waals surface area contributed by atoms with Gasteiger partial charge in [-0.15, -0.1) is 0 Å². The Bertz CT molecular complexity index is 1000. The highest BCUT2D eigenvalue weighted by molar-refractivity contribution is 7.96. The van der Waals surface area contributed by atoms with Crippen molar-refractivity contribution in [1.82, 2.24) is 5.32 Å². The van der Waals surface area contributed by atoms with Gasteiger partial charge in [0.2, 0.25) is 0 Å². The number of aryl methyl sites for hydroxylation is 1. The van der Waals surface area contributed by atoms with Gasteiger partial charge < -0.3 is 5.32 Å². The fourth-order valence-corrected chi connectivity index (χ4v) is 7.88. The Labute approximate surface area is 153 Å². The molecule has 0 amide bonds. The molecule has 1 fully saturated rings. The Kier molecular flexibility index (Phi) is 5.18. The van der Waals surface area contributed by atoms with Crippen LogP contribution in [0.3, 0.4) is 0 Å². The molecule has 0 radical (unpaired) electrons. The molecule has 1 heterocycles. The van der Waals surface area contributed by atoms with E-state index in [0.717, 1.165) is 23.3 Å². The molecule has 0 saturated carbocycles. The third-order valence-electron chi connectivity index (χ3n) is 4.66. The maximum absolute atomic E-state index is 13.1. The predicted octanol–water partition coefficient (Wildman–Crippen LogP) is 1.86. The van der Waals surface area contributed by atoms with E-state index < -0.39 is 42.5 Å². The first kappa shape index (κ1) is 19.0. The Morgan fingerprint density at radius 2 is 1.73 bits per heavy atom. The Hall–Kier alpha value is -1.77. The van der Waals surface area contributed by atoms with Gasteiger partial charge >= 0.3 is 0 Å². The van der Waals surface area contributed by atoms with E-state index in [-0.39, 0.29) is 10.6 Å². The van der Waals surface area contributed by atoms with Crippen molar-refractivity contribution in [3.8, 4) is 0 Å². The van der Waals surface area contributed by atoms with Gasteiger partial charge in [-0.3, -0.25) is 0 Å². The van der Waals surface area contributed by atoms with Crippen LogP contribution in [0.1, 0.15) is 11.1 Å². The molecule has 1 N–H and O–H groups in total. The van der Waals surface area contributed by atoms with E-state index in [2.05, 4.69) is 5.32 Å². The fourth-order valence-electron chi connectivity index (χ4n) is 3.16. The molecule has 1 aliphatic heterocycles. The SMILES string of the molecule is Cc1ccccc1CNC1CS(=O)(=O)CC1S(=O)(=O)c1ccc(F)cc1. The van der Waals surface area contributed by atoms with E-state index in [1.807, 2.05) is 31.2 Å². The van der Waals surface area contributed by atoms with Crippen molar-refractivity contribution >= 4 is 19.7 Å². The highest BCUT2D eigenvalue weighted by atomic mass is 32.2. The van der Waals surface area contributed by atoms with Crippen LogP contribution in [0.2, 0.25) is 0 Å². The van der Waals surface area contributed by atoms with Crippen molar-refractivity contribution in [3.05, 3.63) is 65.5 Å². The summed E-state index contributed by atoms with van der Waals surface area (Å²) in [5, 5.41) is 2.00. The van der Waals surface area contributed by atoms with Crippen LogP contribution in [0.15, 0.2) is 53.4 Å². The lowest BCUT2D eigenvalue weighted by molar-refractivity contribution is 0.525. The maximum atomic E-state index is 13.1. The van der Waals surface area contributed by atoms with Gasteiger partial charge in [-0.1, -0.05) is 24.3 Å². The van der Waals surface area contributed by atoms with Crippen molar-refractivity contribution in [3.63, 3.8) is 0 Å². The summed E-state index contributed by atoms with van der Waals surface area (Å²) in [6, 6.07) is 11.4. The Morgan fingerprint density at radius 3 is 2.38 bits per heavy atom. The van der Waals surface area contributed by atoms with Crippen molar-refractivity contribution in [1.29, 1.82) is 0 Å². The molecular weight excluding hydrogens is 377 g/mol. The second kappa shape index (κ2) is 7.09. The number of benzene rings is 2. The quantitative estimate of drug-likeness (QED) is 0.779. The number of hydrogen-bond donors (Lipinski definition) is 1. The van der Waals surface area contributed by atoms with Gasteiger partial charge in [0, 0.05) is 12.6 Å². The molecule has 26 heavy (non-hydrogen) atoms. The summed E-state index contributed by atoms with van der Waals surface area (Å²) in [7, 11) is -7.37. The zero-order chi connectivity index (χ0) is 18.9. The highest BCUT2D eigenvalue weighted by Gasteiger charge is 2.45. The number of halogens is 1. The fraction of sp³-hybridized carbons (Fsp3) is 0.333. The van der Waals surface area contributed by atoms with Crippen LogP contribution >= 0.6 is 0 Å². The molecular formula is C18H20FNO4S2. The molecule has 140 valence electrons. The minimum Gasteiger partial charge on any atom is -0.308 e. The summed E-state index contributed by atoms with van der Waals surface area (Å²) in [4.78, 5) is -0.0660. The van der Waals surface area contributed by atoms with E-state index in [9.17, 15) is 21.2 Å². The van der Waals surface area contributed by atoms with E-state index in [0.29, 0.717) is 6.54 Å². The largest absolute Gasteiger partial charge is 0.308 e. The van der Waals surface area contributed by atoms with Crippen LogP contribution in [-0.4, -0.2) is 39.6 Å². The first-order chi connectivity index (χ1) is 12.2. The van der Waals surface area contributed by atoms with Gasteiger partial charge in [0.1, 0.15) is 5.82 Å². The summed E-state index contributed by atoms with van der Waals surface area (Å²) in [6.45, 7) is 2.32. The molecule has 1 aliphatic rings. The minimum absolute atomic E-state index is 0.0660. The molecule has 2 unspecified atom stereocenters. The molecule has 2 aromatic rings. The summed E-state index contributed by atoms with van der Waals surface area (Å²) in [5.74, 6) is -1.21. The summed E-state index contributed by atoms with van der Waals surface area (Å²) >= 11 is 0. The third kappa shape index (κ3) is 3.97. The van der Waals surface area contributed by atoms with Gasteiger partial charge in [0.25, 0.3) is 0 Å². The van der Waals surface area contributed by atoms with E-state index >= 15 is 0 Å². The lowest BCUT2D eigenvalue weighted by atomic mass is 10.1. The molecule has 2 aromatic carbocycles. The monoisotopic (exact) mass is 397 g/mol. The smallest absolute Gasteiger partial charge is 0.183 e. The molecule has 0 aliphatic carbocycles. The number of rotatable bonds is 5. The zero-order valence-corrected chi connectivity index (χ0v) is 15.9. The first-order valence-electron chi connectivity index (χ1n) is 8.17. The summed E-state index contributed by atoms with van der Waals surface area (Å²) in [6.07, 6.45) is 0. The van der Waals surface area contributed by atoms with Gasteiger partial charge in [-0.2, -0.15) is 0 Å². The van der Waals surface area contributed by atoms with Crippen molar-refractivity contribution in [2.24, 2.45) is 0 Å². The molecule has 1 saturated heterocycles. The minimum atomic E-state index is -3.90. The Morgan fingerprint density at radius 1 is 1.08 bits per heavy atom. The highest BCUT2D eigenvalue weighted by Crippen LogP contribution is 2.26. The van der Waals surface area contributed by atoms with Crippen LogP contribution in [0.25, 0.3) is 0 Å². The van der Waals surface area contributed by atoms with Crippen LogP contribution in [0, 0.1) is 12.7 Å². The lowest BCUT2D eigenvalue weighted by Gasteiger charge is -2.20. The van der Waals surface area contributed by atoms with Gasteiger partial charge in [-0.05, 0) is 42.3 Å². The zero-order valence-electron chi connectivity index (χ0n) is 14.2. The average molecular weight is 397 g/mol. The predicted molar refractivity (Wildman–Crippen MR) is 97.8 cm³/mol. The first-order valence-corrected chi connectivity index (χ1v) is 11.5. The van der Waals surface area contributed by atoms with Crippen LogP contribution < -0.4 is 5.32 Å². The van der Waals surface area contributed by atoms with Crippen LogP contribution in [0.5, 0.6) is 0 Å². The molecule has 8 heteroatoms. The van der Waals surface area contributed by atoms with Gasteiger partial charge in [0.05, 0.1) is 21.7 Å². The molecule has 0 bridgehead atoms. The lowest BCUT2D eigenvalue weighted by Crippen LogP contribution is -2.43. The van der Waals surface area contributed by atoms with E-state index in [4.69, 9.17) is 0 Å². The van der Waals surface area contributed by atoms with Crippen molar-refractivity contribution in [2.75, 3.05) is 11.5 Å². The van der Waals surface area contributed by atoms with Crippen LogP contribution in [-0.2, 0) is 26.2 Å². The Balaban J connectivity index is 1.86. The third-order valence-corrected chi connectivity index (χ3v) is 8.82. The number of sulfone groups is 2. The van der Waals surface area contributed by atoms with E-state index in [1.54, 1.807) is 0 Å². The standard InChI is InChI=1S/C18H20FNO4S2/c1-13-4-2-3-5-14(13)10-20-17-11-25(21,22)12-18(17)26(23,24)16-8-6-15(19)7-9-16/h2-9,17-18,20H,10-12H2,1H3. The van der Waals surface area contributed by atoms with E-state index in [1.165, 1.54) is 12.1 Å². The van der Waals surface area contributed by atoms with Crippen molar-refractivity contribution in [2.45, 2.75) is 29.7 Å². The molecule has 3 rings (SSSR count). The summed E-state index contributed by atoms with van der Waals surface area (Å²) in [5.41, 5.74) is 2.02. The van der Waals surface area contributed by atoms with Crippen LogP contribution in [0.4, 0.5) is 4.39 Å². The number of hydrogen-bond acceptors (Lipinski definition) is 5. The summed E-state index contributed by atoms with van der Waals surface area (Å²) < 4.78 is 63.1. The van der Waals surface area contributed by atoms with Gasteiger partial charge in [-0.25, -0.2) is 21.2 Å². The second-order valence-corrected chi connectivity index (χ2v) is 10.8. The second-order valence-electron chi connectivity index (χ2n) is 6.53. The van der Waals surface area contributed by atoms with Crippen molar-refractivity contribution < 1.29 is 21.2 Å². The normalized spacial score (nSPS) is 22.4.